The minimum absolute atomic E-state index is 0.191. The van der Waals surface area contributed by atoms with Gasteiger partial charge in [-0.25, -0.2) is 4.79 Å². The zero-order chi connectivity index (χ0) is 17.4. The maximum atomic E-state index is 12.2. The molecule has 1 fully saturated rings. The van der Waals surface area contributed by atoms with Gasteiger partial charge < -0.3 is 10.1 Å². The predicted molar refractivity (Wildman–Crippen MR) is 99.9 cm³/mol. The standard InChI is InChI=1S/C18H20N4O2S/c1-11(25)19-9-15-10-22(18(23)24-15)14-5-6-16-12(7-14)3-2-4-13-8-20-21-17(13)16/h5-8,15H,2-4,9-10H2,1H3,(H,19,25)(H,20,21). The van der Waals surface area contributed by atoms with Crippen LogP contribution in [-0.4, -0.2) is 40.5 Å². The molecule has 1 saturated heterocycles. The summed E-state index contributed by atoms with van der Waals surface area (Å²) in [5.74, 6) is 0. The molecule has 0 bridgehead atoms. The number of ether oxygens (including phenoxy) is 1. The number of anilines is 1. The van der Waals surface area contributed by atoms with Gasteiger partial charge >= 0.3 is 6.09 Å². The minimum Gasteiger partial charge on any atom is -0.442 e. The van der Waals surface area contributed by atoms with Crippen molar-refractivity contribution in [2.45, 2.75) is 32.3 Å². The number of carbonyl (C=O) groups is 1. The third-order valence-corrected chi connectivity index (χ3v) is 4.88. The van der Waals surface area contributed by atoms with E-state index in [1.54, 1.807) is 4.90 Å². The Kier molecular flexibility index (Phi) is 4.17. The van der Waals surface area contributed by atoms with Crippen molar-refractivity contribution >= 4 is 29.0 Å². The molecule has 1 aliphatic heterocycles. The lowest BCUT2D eigenvalue weighted by Gasteiger charge is -2.16. The number of aryl methyl sites for hydroxylation is 2. The van der Waals surface area contributed by atoms with Crippen LogP contribution in [0.2, 0.25) is 0 Å². The molecule has 1 unspecified atom stereocenters. The fourth-order valence-corrected chi connectivity index (χ4v) is 3.58. The fraction of sp³-hybridized carbons (Fsp3) is 0.389. The van der Waals surface area contributed by atoms with Crippen molar-refractivity contribution in [2.24, 2.45) is 0 Å². The lowest BCUT2D eigenvalue weighted by Crippen LogP contribution is -2.32. The molecule has 2 heterocycles. The highest BCUT2D eigenvalue weighted by molar-refractivity contribution is 7.80. The maximum absolute atomic E-state index is 12.2. The Morgan fingerprint density at radius 2 is 2.28 bits per heavy atom. The van der Waals surface area contributed by atoms with Crippen LogP contribution in [0.4, 0.5) is 10.5 Å². The molecule has 6 nitrogen and oxygen atoms in total. The van der Waals surface area contributed by atoms with Crippen molar-refractivity contribution < 1.29 is 9.53 Å². The smallest absolute Gasteiger partial charge is 0.414 e. The monoisotopic (exact) mass is 356 g/mol. The van der Waals surface area contributed by atoms with Gasteiger partial charge in [0.1, 0.15) is 6.10 Å². The molecule has 2 aromatic rings. The largest absolute Gasteiger partial charge is 0.442 e. The van der Waals surface area contributed by atoms with Gasteiger partial charge in [-0.05, 0) is 49.4 Å². The van der Waals surface area contributed by atoms with Gasteiger partial charge in [0.15, 0.2) is 0 Å². The van der Waals surface area contributed by atoms with Gasteiger partial charge in [0, 0.05) is 11.3 Å². The number of hydrogen-bond donors (Lipinski definition) is 2. The molecule has 0 spiro atoms. The summed E-state index contributed by atoms with van der Waals surface area (Å²) in [7, 11) is 0. The number of carbonyl (C=O) groups excluding carboxylic acids is 1. The van der Waals surface area contributed by atoms with Crippen LogP contribution < -0.4 is 10.2 Å². The van der Waals surface area contributed by atoms with E-state index in [1.165, 1.54) is 16.7 Å². The summed E-state index contributed by atoms with van der Waals surface area (Å²) >= 11 is 5.01. The van der Waals surface area contributed by atoms with Crippen LogP contribution in [0.25, 0.3) is 11.3 Å². The van der Waals surface area contributed by atoms with Gasteiger partial charge in [0.2, 0.25) is 0 Å². The molecule has 2 N–H and O–H groups in total. The van der Waals surface area contributed by atoms with Crippen LogP contribution in [0.5, 0.6) is 0 Å². The van der Waals surface area contributed by atoms with Gasteiger partial charge in [0.25, 0.3) is 0 Å². The maximum Gasteiger partial charge on any atom is 0.414 e. The Hall–Kier alpha value is -2.41. The number of thiocarbonyl (C=S) groups is 1. The first kappa shape index (κ1) is 16.1. The lowest BCUT2D eigenvalue weighted by molar-refractivity contribution is 0.143. The molecule has 4 rings (SSSR count). The number of aromatic nitrogens is 2. The Morgan fingerprint density at radius 3 is 3.12 bits per heavy atom. The van der Waals surface area contributed by atoms with Crippen molar-refractivity contribution in [1.29, 1.82) is 0 Å². The van der Waals surface area contributed by atoms with Crippen LogP contribution in [0.1, 0.15) is 24.5 Å². The molecular weight excluding hydrogens is 336 g/mol. The van der Waals surface area contributed by atoms with Crippen LogP contribution in [0, 0.1) is 0 Å². The Balaban J connectivity index is 1.58. The zero-order valence-corrected chi connectivity index (χ0v) is 14.9. The topological polar surface area (TPSA) is 70.2 Å². The number of H-pyrrole nitrogens is 1. The first-order chi connectivity index (χ1) is 12.1. The number of hydrogen-bond acceptors (Lipinski definition) is 4. The number of nitrogens with one attached hydrogen (secondary N) is 2. The fourth-order valence-electron chi connectivity index (χ4n) is 3.50. The first-order valence-electron chi connectivity index (χ1n) is 8.50. The Morgan fingerprint density at radius 1 is 1.44 bits per heavy atom. The van der Waals surface area contributed by atoms with Gasteiger partial charge in [-0.15, -0.1) is 0 Å². The van der Waals surface area contributed by atoms with Gasteiger partial charge in [0.05, 0.1) is 30.0 Å². The third kappa shape index (κ3) is 3.11. The quantitative estimate of drug-likeness (QED) is 0.828. The van der Waals surface area contributed by atoms with Crippen LogP contribution >= 0.6 is 12.2 Å². The molecule has 1 aromatic heterocycles. The molecule has 130 valence electrons. The summed E-state index contributed by atoms with van der Waals surface area (Å²) in [6.07, 6.45) is 4.50. The van der Waals surface area contributed by atoms with E-state index in [4.69, 9.17) is 17.0 Å². The lowest BCUT2D eigenvalue weighted by atomic mass is 10.0. The predicted octanol–water partition coefficient (Wildman–Crippen LogP) is 2.83. The summed E-state index contributed by atoms with van der Waals surface area (Å²) in [6, 6.07) is 6.16. The SMILES string of the molecule is CC(=S)NCC1CN(c2ccc3c(c2)CCCc2cn[nH]c2-3)C(=O)O1. The van der Waals surface area contributed by atoms with Crippen molar-refractivity contribution in [3.8, 4) is 11.3 Å². The van der Waals surface area contributed by atoms with Gasteiger partial charge in [-0.3, -0.25) is 10.00 Å². The van der Waals surface area contributed by atoms with E-state index in [0.29, 0.717) is 18.1 Å². The van der Waals surface area contributed by atoms with Crippen LogP contribution in [0.15, 0.2) is 24.4 Å². The van der Waals surface area contributed by atoms with Crippen molar-refractivity contribution in [3.63, 3.8) is 0 Å². The van der Waals surface area contributed by atoms with E-state index in [-0.39, 0.29) is 12.2 Å². The first-order valence-corrected chi connectivity index (χ1v) is 8.91. The second-order valence-corrected chi connectivity index (χ2v) is 7.13. The van der Waals surface area contributed by atoms with E-state index in [9.17, 15) is 4.79 Å². The number of nitrogens with zero attached hydrogens (tertiary/aromatic N) is 2. The molecule has 7 heteroatoms. The molecule has 1 aromatic carbocycles. The average Bonchev–Trinajstić information content (AvgIpc) is 3.15. The van der Waals surface area contributed by atoms with Gasteiger partial charge in [-0.2, -0.15) is 5.10 Å². The number of cyclic esters (lactones) is 1. The van der Waals surface area contributed by atoms with Crippen LogP contribution in [-0.2, 0) is 17.6 Å². The van der Waals surface area contributed by atoms with E-state index in [0.717, 1.165) is 30.6 Å². The van der Waals surface area contributed by atoms with E-state index < -0.39 is 0 Å². The van der Waals surface area contributed by atoms with Crippen molar-refractivity contribution in [1.82, 2.24) is 15.5 Å². The van der Waals surface area contributed by atoms with E-state index in [2.05, 4.69) is 27.6 Å². The Bertz CT molecular complexity index is 832. The molecule has 1 atom stereocenters. The normalized spacial score (nSPS) is 19.0. The zero-order valence-electron chi connectivity index (χ0n) is 14.0. The number of aromatic amines is 1. The summed E-state index contributed by atoms with van der Waals surface area (Å²) in [4.78, 5) is 14.7. The molecule has 0 saturated carbocycles. The summed E-state index contributed by atoms with van der Waals surface area (Å²) in [5, 5.41) is 10.3. The number of rotatable bonds is 3. The third-order valence-electron chi connectivity index (χ3n) is 4.73. The molecule has 25 heavy (non-hydrogen) atoms. The highest BCUT2D eigenvalue weighted by Crippen LogP contribution is 2.34. The van der Waals surface area contributed by atoms with Gasteiger partial charge in [-0.1, -0.05) is 18.3 Å². The highest BCUT2D eigenvalue weighted by atomic mass is 32.1. The second-order valence-electron chi connectivity index (χ2n) is 6.52. The van der Waals surface area contributed by atoms with Crippen molar-refractivity contribution in [2.75, 3.05) is 18.0 Å². The highest BCUT2D eigenvalue weighted by Gasteiger charge is 2.32. The average molecular weight is 356 g/mol. The summed E-state index contributed by atoms with van der Waals surface area (Å²) < 4.78 is 5.44. The molecule has 0 radical (unpaired) electrons. The number of benzene rings is 1. The summed E-state index contributed by atoms with van der Waals surface area (Å²) in [5.41, 5.74) is 5.66. The molecule has 2 aliphatic rings. The second kappa shape index (κ2) is 6.48. The minimum atomic E-state index is -0.301. The molecule has 1 amide bonds. The van der Waals surface area contributed by atoms with E-state index in [1.807, 2.05) is 19.2 Å². The molecule has 1 aliphatic carbocycles. The van der Waals surface area contributed by atoms with E-state index >= 15 is 0 Å². The molecular formula is C18H20N4O2S. The van der Waals surface area contributed by atoms with Crippen LogP contribution in [0.3, 0.4) is 0 Å². The number of amides is 1. The number of fused-ring (bicyclic) bond motifs is 3. The van der Waals surface area contributed by atoms with Crippen molar-refractivity contribution in [3.05, 3.63) is 35.5 Å². The Labute approximate surface area is 151 Å². The summed E-state index contributed by atoms with van der Waals surface area (Å²) in [6.45, 7) is 2.89.